The lowest BCUT2D eigenvalue weighted by atomic mass is 9.90. The lowest BCUT2D eigenvalue weighted by Gasteiger charge is -2.46. The first-order chi connectivity index (χ1) is 15.0. The second kappa shape index (κ2) is 10.4. The van der Waals surface area contributed by atoms with Crippen molar-refractivity contribution in [1.82, 2.24) is 14.1 Å². The van der Waals surface area contributed by atoms with Crippen LogP contribution in [0.15, 0.2) is 0 Å². The molecule has 0 aliphatic carbocycles. The first-order valence-corrected chi connectivity index (χ1v) is 12.6. The van der Waals surface area contributed by atoms with E-state index in [0.717, 1.165) is 37.4 Å². The Morgan fingerprint density at radius 2 is 1.78 bits per heavy atom. The topological polar surface area (TPSA) is 99.6 Å². The van der Waals surface area contributed by atoms with Crippen LogP contribution >= 0.6 is 0 Å². The third-order valence-electron chi connectivity index (χ3n) is 6.39. The third kappa shape index (κ3) is 6.46. The maximum atomic E-state index is 12.8. The van der Waals surface area contributed by atoms with Gasteiger partial charge in [0.2, 0.25) is 16.1 Å². The van der Waals surface area contributed by atoms with Gasteiger partial charge in [0.05, 0.1) is 24.6 Å². The molecule has 13 heteroatoms. The van der Waals surface area contributed by atoms with Gasteiger partial charge in [0.1, 0.15) is 0 Å². The number of carbonyl (C=O) groups excluding carboxylic acids is 1. The number of halogens is 3. The highest BCUT2D eigenvalue weighted by molar-refractivity contribution is 7.89. The summed E-state index contributed by atoms with van der Waals surface area (Å²) >= 11 is 0. The van der Waals surface area contributed by atoms with Gasteiger partial charge in [0.15, 0.2) is 0 Å². The summed E-state index contributed by atoms with van der Waals surface area (Å²) in [6, 6.07) is 0. The second-order valence-corrected chi connectivity index (χ2v) is 10.8. The zero-order chi connectivity index (χ0) is 23.4. The van der Waals surface area contributed by atoms with Crippen molar-refractivity contribution in [1.29, 1.82) is 0 Å². The van der Waals surface area contributed by atoms with Gasteiger partial charge in [-0.3, -0.25) is 0 Å². The molecule has 9 nitrogen and oxygen atoms in total. The molecule has 3 aliphatic rings. The monoisotopic (exact) mass is 487 g/mol. The molecular weight excluding hydrogens is 455 g/mol. The van der Waals surface area contributed by atoms with Gasteiger partial charge in [0, 0.05) is 26.2 Å². The summed E-state index contributed by atoms with van der Waals surface area (Å²) < 4.78 is 75.6. The summed E-state index contributed by atoms with van der Waals surface area (Å²) in [6.07, 6.45) is -5.12. The lowest BCUT2D eigenvalue weighted by molar-refractivity contribution is -0.215. The van der Waals surface area contributed by atoms with Gasteiger partial charge < -0.3 is 24.4 Å². The number of hydrogen-bond acceptors (Lipinski definition) is 7. The summed E-state index contributed by atoms with van der Waals surface area (Å²) in [5, 5.41) is 8.84. The number of carbonyl (C=O) groups is 1. The Hall–Kier alpha value is -1.15. The summed E-state index contributed by atoms with van der Waals surface area (Å²) in [5.74, 6) is 0.0675. The minimum absolute atomic E-state index is 0.0675. The standard InChI is InChI=1S/C19H32F3N3O6S/c20-19(21,22)16(14-26)31-17(27)24-9-4-18(5-10-24)15-25(11-12-30-18)32(28,29)13-3-8-23-6-1-2-7-23/h16,26H,1-15H2. The Morgan fingerprint density at radius 3 is 2.38 bits per heavy atom. The predicted octanol–water partition coefficient (Wildman–Crippen LogP) is 1.03. The van der Waals surface area contributed by atoms with Crippen molar-refractivity contribution in [2.24, 2.45) is 0 Å². The number of likely N-dealkylation sites (tertiary alicyclic amines) is 2. The number of morpholine rings is 1. The molecule has 0 aromatic rings. The van der Waals surface area contributed by atoms with Crippen LogP contribution in [0.3, 0.4) is 0 Å². The fourth-order valence-corrected chi connectivity index (χ4v) is 5.99. The fraction of sp³-hybridized carbons (Fsp3) is 0.947. The van der Waals surface area contributed by atoms with Crippen molar-refractivity contribution in [2.75, 3.05) is 64.8 Å². The summed E-state index contributed by atoms with van der Waals surface area (Å²) in [6.45, 7) is 2.28. The van der Waals surface area contributed by atoms with Crippen LogP contribution in [0.1, 0.15) is 32.1 Å². The molecule has 1 N–H and O–H groups in total. The molecular formula is C19H32F3N3O6S. The van der Waals surface area contributed by atoms with Crippen molar-refractivity contribution >= 4 is 16.1 Å². The first kappa shape index (κ1) is 25.5. The minimum Gasteiger partial charge on any atom is -0.434 e. The van der Waals surface area contributed by atoms with Crippen molar-refractivity contribution in [3.63, 3.8) is 0 Å². The van der Waals surface area contributed by atoms with Crippen molar-refractivity contribution in [3.05, 3.63) is 0 Å². The average Bonchev–Trinajstić information content (AvgIpc) is 3.25. The molecule has 3 rings (SSSR count). The van der Waals surface area contributed by atoms with E-state index in [4.69, 9.17) is 9.84 Å². The SMILES string of the molecule is O=C(OC(CO)C(F)(F)F)N1CCC2(CC1)CN(S(=O)(=O)CCCN1CCCC1)CCO2. The van der Waals surface area contributed by atoms with Crippen LogP contribution in [0.5, 0.6) is 0 Å². The lowest BCUT2D eigenvalue weighted by Crippen LogP contribution is -2.59. The van der Waals surface area contributed by atoms with Gasteiger partial charge in [0.25, 0.3) is 0 Å². The van der Waals surface area contributed by atoms with Gasteiger partial charge >= 0.3 is 12.3 Å². The van der Waals surface area contributed by atoms with Crippen molar-refractivity contribution in [3.8, 4) is 0 Å². The fourth-order valence-electron chi connectivity index (χ4n) is 4.46. The smallest absolute Gasteiger partial charge is 0.427 e. The van der Waals surface area contributed by atoms with Crippen LogP contribution in [0, 0.1) is 0 Å². The molecule has 0 aromatic carbocycles. The molecule has 186 valence electrons. The van der Waals surface area contributed by atoms with E-state index in [1.54, 1.807) is 0 Å². The van der Waals surface area contributed by atoms with Gasteiger partial charge in [-0.25, -0.2) is 13.2 Å². The Balaban J connectivity index is 1.49. The van der Waals surface area contributed by atoms with Crippen LogP contribution in [0.2, 0.25) is 0 Å². The van der Waals surface area contributed by atoms with E-state index < -0.39 is 40.6 Å². The first-order valence-electron chi connectivity index (χ1n) is 11.0. The van der Waals surface area contributed by atoms with Gasteiger partial charge in [-0.2, -0.15) is 17.5 Å². The van der Waals surface area contributed by atoms with E-state index in [9.17, 15) is 26.4 Å². The number of alkyl halides is 3. The Morgan fingerprint density at radius 1 is 1.12 bits per heavy atom. The number of aliphatic hydroxyl groups is 1. The van der Waals surface area contributed by atoms with Crippen molar-refractivity contribution < 1.29 is 41.0 Å². The van der Waals surface area contributed by atoms with Crippen LogP contribution in [0.25, 0.3) is 0 Å². The molecule has 3 saturated heterocycles. The highest BCUT2D eigenvalue weighted by Crippen LogP contribution is 2.32. The number of sulfonamides is 1. The summed E-state index contributed by atoms with van der Waals surface area (Å²) in [4.78, 5) is 15.5. The van der Waals surface area contributed by atoms with Crippen molar-refractivity contribution in [2.45, 2.75) is 50.0 Å². The van der Waals surface area contributed by atoms with E-state index in [2.05, 4.69) is 9.64 Å². The maximum absolute atomic E-state index is 12.8. The van der Waals surface area contributed by atoms with E-state index in [0.29, 0.717) is 6.42 Å². The highest BCUT2D eigenvalue weighted by atomic mass is 32.2. The maximum Gasteiger partial charge on any atom is 0.427 e. The number of piperidine rings is 1. The molecule has 1 atom stereocenters. The number of amides is 1. The third-order valence-corrected chi connectivity index (χ3v) is 8.29. The Kier molecular flexibility index (Phi) is 8.29. The molecule has 1 amide bonds. The Labute approximate surface area is 186 Å². The molecule has 3 heterocycles. The summed E-state index contributed by atoms with van der Waals surface area (Å²) in [7, 11) is -3.45. The van der Waals surface area contributed by atoms with E-state index in [1.165, 1.54) is 4.31 Å². The average molecular weight is 488 g/mol. The summed E-state index contributed by atoms with van der Waals surface area (Å²) in [5.41, 5.74) is -0.766. The van der Waals surface area contributed by atoms with Gasteiger partial charge in [-0.15, -0.1) is 0 Å². The molecule has 1 unspecified atom stereocenters. The molecule has 3 aliphatic heterocycles. The van der Waals surface area contributed by atoms with E-state index >= 15 is 0 Å². The van der Waals surface area contributed by atoms with Crippen LogP contribution in [0.4, 0.5) is 18.0 Å². The second-order valence-electron chi connectivity index (χ2n) is 8.67. The molecule has 0 aromatic heterocycles. The number of hydrogen-bond donors (Lipinski definition) is 1. The van der Waals surface area contributed by atoms with Crippen LogP contribution < -0.4 is 0 Å². The molecule has 0 saturated carbocycles. The number of ether oxygens (including phenoxy) is 2. The molecule has 3 fully saturated rings. The van der Waals surface area contributed by atoms with Gasteiger partial charge in [-0.1, -0.05) is 0 Å². The zero-order valence-electron chi connectivity index (χ0n) is 18.1. The van der Waals surface area contributed by atoms with Crippen LogP contribution in [-0.2, 0) is 19.5 Å². The highest BCUT2D eigenvalue weighted by Gasteiger charge is 2.46. The largest absolute Gasteiger partial charge is 0.434 e. The zero-order valence-corrected chi connectivity index (χ0v) is 18.9. The van der Waals surface area contributed by atoms with Crippen LogP contribution in [-0.4, -0.2) is 116 Å². The normalized spacial score (nSPS) is 24.1. The molecule has 0 radical (unpaired) electrons. The molecule has 1 spiro atoms. The number of rotatable bonds is 7. The number of nitrogens with zero attached hydrogens (tertiary/aromatic N) is 3. The van der Waals surface area contributed by atoms with E-state index in [-0.39, 0.29) is 51.4 Å². The molecule has 0 bridgehead atoms. The Bertz CT molecular complexity index is 737. The minimum atomic E-state index is -4.85. The van der Waals surface area contributed by atoms with E-state index in [1.807, 2.05) is 0 Å². The quantitative estimate of drug-likeness (QED) is 0.573. The molecule has 32 heavy (non-hydrogen) atoms. The number of aliphatic hydroxyl groups excluding tert-OH is 1. The predicted molar refractivity (Wildman–Crippen MR) is 109 cm³/mol. The van der Waals surface area contributed by atoms with Gasteiger partial charge in [-0.05, 0) is 51.7 Å².